The van der Waals surface area contributed by atoms with Crippen molar-refractivity contribution in [3.05, 3.63) is 53.1 Å². The van der Waals surface area contributed by atoms with Gasteiger partial charge in [-0.2, -0.15) is 13.2 Å². The maximum Gasteiger partial charge on any atom is 0.417 e. The van der Waals surface area contributed by atoms with Crippen molar-refractivity contribution < 1.29 is 45.4 Å². The van der Waals surface area contributed by atoms with Crippen molar-refractivity contribution in [3.8, 4) is 5.75 Å². The van der Waals surface area contributed by atoms with Gasteiger partial charge in [0.2, 0.25) is 0 Å². The van der Waals surface area contributed by atoms with E-state index in [0.717, 1.165) is 39.3 Å². The van der Waals surface area contributed by atoms with Gasteiger partial charge in [0, 0.05) is 29.3 Å². The van der Waals surface area contributed by atoms with Crippen LogP contribution in [0.5, 0.6) is 5.75 Å². The fourth-order valence-corrected chi connectivity index (χ4v) is 4.17. The van der Waals surface area contributed by atoms with Crippen LogP contribution in [0.1, 0.15) is 47.8 Å². The molecule has 0 radical (unpaired) electrons. The fraction of sp³-hybridized carbons (Fsp3) is 0.409. The first kappa shape index (κ1) is 26.3. The summed E-state index contributed by atoms with van der Waals surface area (Å²) in [6, 6.07) is 4.02. The number of nitrogens with zero attached hydrogens (tertiary/aromatic N) is 1. The maximum absolute atomic E-state index is 14.1. The molecule has 1 saturated heterocycles. The number of amides is 2. The van der Waals surface area contributed by atoms with E-state index < -0.39 is 65.1 Å². The molecule has 2 heterocycles. The summed E-state index contributed by atoms with van der Waals surface area (Å²) in [4.78, 5) is 28.2. The minimum absolute atomic E-state index is 0.0197. The van der Waals surface area contributed by atoms with Crippen LogP contribution in [0.3, 0.4) is 0 Å². The zero-order valence-corrected chi connectivity index (χ0v) is 18.6. The van der Waals surface area contributed by atoms with Crippen LogP contribution in [0.15, 0.2) is 30.5 Å². The van der Waals surface area contributed by atoms with Gasteiger partial charge in [0.1, 0.15) is 23.4 Å². The first-order valence-corrected chi connectivity index (χ1v) is 10.2. The number of pyridine rings is 1. The van der Waals surface area contributed by atoms with E-state index in [9.17, 15) is 35.9 Å². The number of halogens is 6. The Kier molecular flexibility index (Phi) is 7.02. The molecule has 2 aromatic rings. The van der Waals surface area contributed by atoms with E-state index in [4.69, 9.17) is 15.2 Å². The topological polar surface area (TPSA) is 104 Å². The number of carbonyl (C=O) groups excluding carboxylic acids is 2. The van der Waals surface area contributed by atoms with E-state index >= 15 is 0 Å². The summed E-state index contributed by atoms with van der Waals surface area (Å²) < 4.78 is 93.6. The third-order valence-electron chi connectivity index (χ3n) is 6.16. The smallest absolute Gasteiger partial charge is 0.417 e. The van der Waals surface area contributed by atoms with Gasteiger partial charge in [-0.1, -0.05) is 13.0 Å². The van der Waals surface area contributed by atoms with Gasteiger partial charge in [0.25, 0.3) is 18.2 Å². The molecule has 2 amide bonds. The number of hydrogen-bond donors (Lipinski definition) is 2. The van der Waals surface area contributed by atoms with Gasteiger partial charge >= 0.3 is 6.18 Å². The number of benzene rings is 1. The van der Waals surface area contributed by atoms with Gasteiger partial charge in [-0.15, -0.1) is 0 Å². The second-order valence-electron chi connectivity index (χ2n) is 8.13. The van der Waals surface area contributed by atoms with Crippen LogP contribution < -0.4 is 15.8 Å². The number of nitrogens with one attached hydrogen (secondary N) is 1. The fourth-order valence-electron chi connectivity index (χ4n) is 4.17. The third-order valence-corrected chi connectivity index (χ3v) is 6.16. The predicted molar refractivity (Wildman–Crippen MR) is 111 cm³/mol. The molecule has 7 nitrogen and oxygen atoms in total. The Morgan fingerprint density at radius 2 is 1.91 bits per heavy atom. The summed E-state index contributed by atoms with van der Waals surface area (Å²) in [6.45, 7) is 1.88. The standard InChI is InChI=1S/C22H21F6N3O4/c1-9-14(11-4-5-12(23)15(18(24)25)16(11)34-3)17(35-21(9,2)22(26,27)28)20(33)31-10-6-7-30-13(8-10)19(29)32/h4-9,14,17-18H,1-3H3,(H2,29,32)(H,30,31,33)/t9-,14-,17+,21+/m1/s1. The molecule has 1 aromatic carbocycles. The quantitative estimate of drug-likeness (QED) is 0.569. The van der Waals surface area contributed by atoms with Crippen LogP contribution in [0, 0.1) is 11.7 Å². The summed E-state index contributed by atoms with van der Waals surface area (Å²) in [5, 5.41) is 2.33. The summed E-state index contributed by atoms with van der Waals surface area (Å²) in [5.41, 5.74) is 0.654. The minimum atomic E-state index is -4.95. The Hall–Kier alpha value is -3.35. The lowest BCUT2D eigenvalue weighted by atomic mass is 9.76. The lowest BCUT2D eigenvalue weighted by Crippen LogP contribution is -2.47. The first-order valence-electron chi connectivity index (χ1n) is 10.2. The van der Waals surface area contributed by atoms with Gasteiger partial charge in [0.05, 0.1) is 12.7 Å². The van der Waals surface area contributed by atoms with Crippen LogP contribution in [-0.2, 0) is 9.53 Å². The van der Waals surface area contributed by atoms with E-state index in [1.807, 2.05) is 0 Å². The Bertz CT molecular complexity index is 1140. The van der Waals surface area contributed by atoms with E-state index in [-0.39, 0.29) is 16.9 Å². The molecule has 0 bridgehead atoms. The number of rotatable bonds is 6. The predicted octanol–water partition coefficient (Wildman–Crippen LogP) is 4.34. The number of carbonyl (C=O) groups is 2. The number of methoxy groups -OCH3 is 1. The largest absolute Gasteiger partial charge is 0.496 e. The number of ether oxygens (including phenoxy) is 2. The molecule has 1 aliphatic rings. The number of anilines is 1. The molecule has 0 spiro atoms. The second kappa shape index (κ2) is 9.36. The number of aromatic nitrogens is 1. The zero-order valence-electron chi connectivity index (χ0n) is 18.6. The molecule has 1 aromatic heterocycles. The molecule has 1 aliphatic heterocycles. The SMILES string of the molecule is COc1c([C@@H]2[C@@H](C(=O)Nc3ccnc(C(N)=O)c3)O[C@](C)(C(F)(F)F)[C@@H]2C)ccc(F)c1C(F)F. The van der Waals surface area contributed by atoms with Crippen LogP contribution in [0.2, 0.25) is 0 Å². The van der Waals surface area contributed by atoms with Crippen molar-refractivity contribution in [1.82, 2.24) is 4.98 Å². The van der Waals surface area contributed by atoms with E-state index in [1.54, 1.807) is 0 Å². The van der Waals surface area contributed by atoms with Crippen molar-refractivity contribution in [1.29, 1.82) is 0 Å². The van der Waals surface area contributed by atoms with E-state index in [1.165, 1.54) is 6.07 Å². The molecule has 4 atom stereocenters. The molecular formula is C22H21F6N3O4. The van der Waals surface area contributed by atoms with Crippen molar-refractivity contribution in [3.63, 3.8) is 0 Å². The van der Waals surface area contributed by atoms with Gasteiger partial charge in [0.15, 0.2) is 5.60 Å². The Labute approximate surface area is 195 Å². The highest BCUT2D eigenvalue weighted by Crippen LogP contribution is 2.55. The van der Waals surface area contributed by atoms with Crippen molar-refractivity contribution >= 4 is 17.5 Å². The number of nitrogens with two attached hydrogens (primary N) is 1. The zero-order chi connectivity index (χ0) is 26.3. The van der Waals surface area contributed by atoms with Gasteiger partial charge in [-0.25, -0.2) is 13.2 Å². The lowest BCUT2D eigenvalue weighted by Gasteiger charge is -2.32. The van der Waals surface area contributed by atoms with Gasteiger partial charge in [-0.05, 0) is 25.1 Å². The van der Waals surface area contributed by atoms with Crippen LogP contribution in [0.25, 0.3) is 0 Å². The maximum atomic E-state index is 14.1. The van der Waals surface area contributed by atoms with Crippen molar-refractivity contribution in [2.24, 2.45) is 11.7 Å². The molecule has 1 fully saturated rings. The van der Waals surface area contributed by atoms with Gasteiger partial charge < -0.3 is 20.5 Å². The summed E-state index contributed by atoms with van der Waals surface area (Å²) >= 11 is 0. The Morgan fingerprint density at radius 3 is 2.46 bits per heavy atom. The number of hydrogen-bond acceptors (Lipinski definition) is 5. The van der Waals surface area contributed by atoms with E-state index in [0.29, 0.717) is 6.07 Å². The summed E-state index contributed by atoms with van der Waals surface area (Å²) in [7, 11) is 0.963. The molecule has 0 aliphatic carbocycles. The number of primary amides is 1. The highest BCUT2D eigenvalue weighted by Gasteiger charge is 2.66. The Balaban J connectivity index is 2.12. The van der Waals surface area contributed by atoms with E-state index in [2.05, 4.69) is 10.3 Å². The normalized spacial score (nSPS) is 24.5. The molecule has 13 heteroatoms. The van der Waals surface area contributed by atoms with Crippen LogP contribution >= 0.6 is 0 Å². The highest BCUT2D eigenvalue weighted by atomic mass is 19.4. The average Bonchev–Trinajstić information content (AvgIpc) is 3.05. The van der Waals surface area contributed by atoms with Crippen LogP contribution in [-0.4, -0.2) is 41.8 Å². The molecule has 190 valence electrons. The average molecular weight is 505 g/mol. The summed E-state index contributed by atoms with van der Waals surface area (Å²) in [5.74, 6) is -6.92. The minimum Gasteiger partial charge on any atom is -0.496 e. The van der Waals surface area contributed by atoms with Crippen molar-refractivity contribution in [2.45, 2.75) is 44.1 Å². The molecule has 35 heavy (non-hydrogen) atoms. The number of alkyl halides is 5. The first-order chi connectivity index (χ1) is 16.2. The van der Waals surface area contributed by atoms with Gasteiger partial charge in [-0.3, -0.25) is 14.6 Å². The second-order valence-corrected chi connectivity index (χ2v) is 8.13. The third kappa shape index (κ3) is 4.64. The molecular weight excluding hydrogens is 484 g/mol. The summed E-state index contributed by atoms with van der Waals surface area (Å²) in [6.07, 6.45) is -9.00. The molecule has 0 saturated carbocycles. The highest BCUT2D eigenvalue weighted by molar-refractivity contribution is 5.97. The lowest BCUT2D eigenvalue weighted by molar-refractivity contribution is -0.272. The van der Waals surface area contributed by atoms with Crippen molar-refractivity contribution in [2.75, 3.05) is 12.4 Å². The monoisotopic (exact) mass is 505 g/mol. The van der Waals surface area contributed by atoms with Crippen LogP contribution in [0.4, 0.5) is 32.0 Å². The Morgan fingerprint density at radius 1 is 1.26 bits per heavy atom. The molecule has 3 N–H and O–H groups in total. The molecule has 0 unspecified atom stereocenters. The molecule has 3 rings (SSSR count).